The van der Waals surface area contributed by atoms with E-state index in [-0.39, 0.29) is 10.7 Å². The molecule has 0 atom stereocenters. The van der Waals surface area contributed by atoms with Crippen molar-refractivity contribution >= 4 is 44.9 Å². The Balaban J connectivity index is 2.55. The minimum Gasteiger partial charge on any atom is -0.350 e. The van der Waals surface area contributed by atoms with Crippen LogP contribution in [0.1, 0.15) is 23.5 Å². The Bertz CT molecular complexity index is 349. The van der Waals surface area contributed by atoms with Crippen LogP contribution in [0, 0.1) is 0 Å². The standard InChI is InChI=1S/C10H14BrNOS2/c1-10(2,14-3)6-12-9(13)8-7(11)4-5-15-8/h4-5H,6H2,1-3H3,(H,12,13). The molecule has 0 saturated carbocycles. The Morgan fingerprint density at radius 2 is 2.33 bits per heavy atom. The lowest BCUT2D eigenvalue weighted by atomic mass is 10.2. The second kappa shape index (κ2) is 5.37. The lowest BCUT2D eigenvalue weighted by Gasteiger charge is -2.21. The third-order valence-corrected chi connectivity index (χ3v) is 5.14. The highest BCUT2D eigenvalue weighted by Gasteiger charge is 2.18. The highest BCUT2D eigenvalue weighted by molar-refractivity contribution is 9.10. The number of rotatable bonds is 4. The molecule has 1 aromatic rings. The number of amides is 1. The fraction of sp³-hybridized carbons (Fsp3) is 0.500. The van der Waals surface area contributed by atoms with Gasteiger partial charge >= 0.3 is 0 Å². The van der Waals surface area contributed by atoms with Crippen LogP contribution in [0.25, 0.3) is 0 Å². The van der Waals surface area contributed by atoms with Gasteiger partial charge in [0.05, 0.1) is 0 Å². The van der Waals surface area contributed by atoms with E-state index in [1.807, 2.05) is 17.7 Å². The molecule has 15 heavy (non-hydrogen) atoms. The first kappa shape index (κ1) is 13.1. The molecular formula is C10H14BrNOS2. The third-order valence-electron chi connectivity index (χ3n) is 2.05. The van der Waals surface area contributed by atoms with Gasteiger partial charge in [-0.15, -0.1) is 11.3 Å². The van der Waals surface area contributed by atoms with Gasteiger partial charge in [-0.3, -0.25) is 4.79 Å². The highest BCUT2D eigenvalue weighted by atomic mass is 79.9. The first-order valence-corrected chi connectivity index (χ1v) is 7.42. The molecule has 0 radical (unpaired) electrons. The molecule has 0 aliphatic carbocycles. The van der Waals surface area contributed by atoms with Crippen molar-refractivity contribution in [2.24, 2.45) is 0 Å². The van der Waals surface area contributed by atoms with Crippen LogP contribution in [0.3, 0.4) is 0 Å². The lowest BCUT2D eigenvalue weighted by molar-refractivity contribution is 0.0954. The molecule has 1 heterocycles. The summed E-state index contributed by atoms with van der Waals surface area (Å²) in [5.41, 5.74) is 0. The number of carbonyl (C=O) groups excluding carboxylic acids is 1. The van der Waals surface area contributed by atoms with Crippen LogP contribution in [0.2, 0.25) is 0 Å². The zero-order valence-electron chi connectivity index (χ0n) is 8.96. The number of thioether (sulfide) groups is 1. The van der Waals surface area contributed by atoms with Crippen LogP contribution >= 0.6 is 39.0 Å². The van der Waals surface area contributed by atoms with Gasteiger partial charge in [-0.25, -0.2) is 0 Å². The Labute approximate surface area is 107 Å². The Hall–Kier alpha value is -0.000000000000000111. The SMILES string of the molecule is CSC(C)(C)CNC(=O)c1sccc1Br. The van der Waals surface area contributed by atoms with Crippen LogP contribution in [-0.2, 0) is 0 Å². The van der Waals surface area contributed by atoms with Gasteiger partial charge in [-0.05, 0) is 47.5 Å². The number of hydrogen-bond acceptors (Lipinski definition) is 3. The van der Waals surface area contributed by atoms with Crippen LogP contribution < -0.4 is 5.32 Å². The fourth-order valence-electron chi connectivity index (χ4n) is 0.901. The Kier molecular flexibility index (Phi) is 4.67. The second-order valence-electron chi connectivity index (χ2n) is 3.74. The van der Waals surface area contributed by atoms with Gasteiger partial charge in [0.2, 0.25) is 0 Å². The van der Waals surface area contributed by atoms with Crippen LogP contribution in [0.5, 0.6) is 0 Å². The van der Waals surface area contributed by atoms with Gasteiger partial charge in [0.15, 0.2) is 0 Å². The van der Waals surface area contributed by atoms with Gasteiger partial charge in [-0.1, -0.05) is 0 Å². The van der Waals surface area contributed by atoms with E-state index >= 15 is 0 Å². The molecule has 5 heteroatoms. The number of hydrogen-bond donors (Lipinski definition) is 1. The molecule has 0 saturated heterocycles. The van der Waals surface area contributed by atoms with E-state index in [1.54, 1.807) is 11.8 Å². The van der Waals surface area contributed by atoms with E-state index in [1.165, 1.54) is 11.3 Å². The molecule has 0 unspecified atom stereocenters. The van der Waals surface area contributed by atoms with E-state index in [9.17, 15) is 4.79 Å². The number of thiophene rings is 1. The largest absolute Gasteiger partial charge is 0.350 e. The molecule has 0 spiro atoms. The normalized spacial score (nSPS) is 11.5. The molecule has 0 aromatic carbocycles. The van der Waals surface area contributed by atoms with E-state index in [0.29, 0.717) is 6.54 Å². The van der Waals surface area contributed by atoms with Crippen molar-refractivity contribution < 1.29 is 4.79 Å². The quantitative estimate of drug-likeness (QED) is 0.924. The van der Waals surface area contributed by atoms with Gasteiger partial charge in [0, 0.05) is 15.8 Å². The van der Waals surface area contributed by atoms with Crippen LogP contribution in [0.4, 0.5) is 0 Å². The van der Waals surface area contributed by atoms with E-state index < -0.39 is 0 Å². The summed E-state index contributed by atoms with van der Waals surface area (Å²) in [5.74, 6) is -0.000926. The zero-order valence-corrected chi connectivity index (χ0v) is 12.2. The molecule has 1 rings (SSSR count). The summed E-state index contributed by atoms with van der Waals surface area (Å²) in [7, 11) is 0. The maximum Gasteiger partial charge on any atom is 0.262 e. The number of nitrogens with one attached hydrogen (secondary N) is 1. The van der Waals surface area contributed by atoms with Crippen molar-refractivity contribution in [3.63, 3.8) is 0 Å². The summed E-state index contributed by atoms with van der Waals surface area (Å²) in [4.78, 5) is 12.5. The van der Waals surface area contributed by atoms with Crippen molar-refractivity contribution in [2.45, 2.75) is 18.6 Å². The van der Waals surface area contributed by atoms with Crippen molar-refractivity contribution in [3.05, 3.63) is 20.8 Å². The third kappa shape index (κ3) is 3.81. The van der Waals surface area contributed by atoms with Crippen LogP contribution in [-0.4, -0.2) is 23.5 Å². The topological polar surface area (TPSA) is 29.1 Å². The summed E-state index contributed by atoms with van der Waals surface area (Å²) in [6, 6.07) is 1.89. The van der Waals surface area contributed by atoms with E-state index in [2.05, 4.69) is 35.1 Å². The minimum absolute atomic E-state index is 0.000926. The summed E-state index contributed by atoms with van der Waals surface area (Å²) < 4.78 is 0.950. The van der Waals surface area contributed by atoms with Crippen molar-refractivity contribution in [1.29, 1.82) is 0 Å². The monoisotopic (exact) mass is 307 g/mol. The molecule has 1 amide bonds. The Morgan fingerprint density at radius 3 is 2.80 bits per heavy atom. The van der Waals surface area contributed by atoms with Gasteiger partial charge in [0.25, 0.3) is 5.91 Å². The summed E-state index contributed by atoms with van der Waals surface area (Å²) in [6.07, 6.45) is 2.05. The molecule has 0 fully saturated rings. The maximum absolute atomic E-state index is 11.7. The number of carbonyl (C=O) groups is 1. The first-order valence-electron chi connectivity index (χ1n) is 4.52. The van der Waals surface area contributed by atoms with Crippen molar-refractivity contribution in [2.75, 3.05) is 12.8 Å². The average Bonchev–Trinajstić information content (AvgIpc) is 2.61. The molecule has 0 aliphatic rings. The fourth-order valence-corrected chi connectivity index (χ4v) is 2.59. The molecule has 84 valence electrons. The highest BCUT2D eigenvalue weighted by Crippen LogP contribution is 2.23. The molecule has 0 aliphatic heterocycles. The molecule has 2 nitrogen and oxygen atoms in total. The van der Waals surface area contributed by atoms with Crippen LogP contribution in [0.15, 0.2) is 15.9 Å². The minimum atomic E-state index is -0.000926. The summed E-state index contributed by atoms with van der Waals surface area (Å²) >= 11 is 6.55. The predicted molar refractivity (Wildman–Crippen MR) is 71.9 cm³/mol. The first-order chi connectivity index (χ1) is 6.96. The predicted octanol–water partition coefficient (Wildman–Crippen LogP) is 3.38. The van der Waals surface area contributed by atoms with Gasteiger partial charge < -0.3 is 5.32 Å². The summed E-state index contributed by atoms with van der Waals surface area (Å²) in [5, 5.41) is 4.84. The molecule has 0 bridgehead atoms. The molecule has 1 N–H and O–H groups in total. The number of halogens is 1. The maximum atomic E-state index is 11.7. The smallest absolute Gasteiger partial charge is 0.262 e. The summed E-state index contributed by atoms with van der Waals surface area (Å²) in [6.45, 7) is 4.90. The zero-order chi connectivity index (χ0) is 11.5. The van der Waals surface area contributed by atoms with Crippen molar-refractivity contribution in [3.8, 4) is 0 Å². The second-order valence-corrected chi connectivity index (χ2v) is 7.03. The Morgan fingerprint density at radius 1 is 1.67 bits per heavy atom. The van der Waals surface area contributed by atoms with Gasteiger partial charge in [0.1, 0.15) is 4.88 Å². The molecule has 1 aromatic heterocycles. The molecular weight excluding hydrogens is 294 g/mol. The van der Waals surface area contributed by atoms with Gasteiger partial charge in [-0.2, -0.15) is 11.8 Å². The van der Waals surface area contributed by atoms with E-state index in [4.69, 9.17) is 0 Å². The van der Waals surface area contributed by atoms with E-state index in [0.717, 1.165) is 9.35 Å². The average molecular weight is 308 g/mol. The van der Waals surface area contributed by atoms with Crippen molar-refractivity contribution in [1.82, 2.24) is 5.32 Å². The lowest BCUT2D eigenvalue weighted by Crippen LogP contribution is -2.35.